The van der Waals surface area contributed by atoms with Crippen LogP contribution in [0.15, 0.2) is 78.9 Å². The van der Waals surface area contributed by atoms with Crippen LogP contribution in [0, 0.1) is 5.92 Å². The number of nitrogens with zero attached hydrogens (tertiary/aromatic N) is 1. The molecule has 0 spiro atoms. The highest BCUT2D eigenvalue weighted by Gasteiger charge is 2.43. The molecule has 0 saturated carbocycles. The Kier molecular flexibility index (Phi) is 9.72. The average molecular weight is 573 g/mol. The van der Waals surface area contributed by atoms with E-state index in [4.69, 9.17) is 14.2 Å². The first-order valence-electron chi connectivity index (χ1n) is 12.9. The Bertz CT molecular complexity index is 1310. The number of halogens is 3. The van der Waals surface area contributed by atoms with Crippen LogP contribution < -0.4 is 14.8 Å². The lowest BCUT2D eigenvalue weighted by Gasteiger charge is -2.44. The van der Waals surface area contributed by atoms with Gasteiger partial charge in [-0.2, -0.15) is 0 Å². The van der Waals surface area contributed by atoms with E-state index in [2.05, 4.69) is 10.1 Å². The van der Waals surface area contributed by atoms with Crippen LogP contribution in [-0.2, 0) is 27.4 Å². The molecule has 3 aromatic carbocycles. The second kappa shape index (κ2) is 13.4. The van der Waals surface area contributed by atoms with E-state index in [-0.39, 0.29) is 19.7 Å². The maximum atomic E-state index is 13.5. The van der Waals surface area contributed by atoms with Gasteiger partial charge >= 0.3 is 18.4 Å². The van der Waals surface area contributed by atoms with Crippen LogP contribution >= 0.6 is 0 Å². The van der Waals surface area contributed by atoms with Crippen LogP contribution in [0.4, 0.5) is 18.0 Å². The van der Waals surface area contributed by atoms with Crippen molar-refractivity contribution in [2.24, 2.45) is 5.92 Å². The molecule has 8 nitrogen and oxygen atoms in total. The molecule has 4 rings (SSSR count). The molecule has 0 unspecified atom stereocenters. The van der Waals surface area contributed by atoms with Gasteiger partial charge in [-0.25, -0.2) is 4.79 Å². The predicted molar refractivity (Wildman–Crippen MR) is 143 cm³/mol. The zero-order valence-electron chi connectivity index (χ0n) is 22.6. The van der Waals surface area contributed by atoms with Gasteiger partial charge in [-0.05, 0) is 35.7 Å². The summed E-state index contributed by atoms with van der Waals surface area (Å²) in [5, 5.41) is 3.34. The molecule has 1 N–H and O–H groups in total. The molecule has 3 atom stereocenters. The van der Waals surface area contributed by atoms with Crippen LogP contribution in [0.3, 0.4) is 0 Å². The fourth-order valence-corrected chi connectivity index (χ4v) is 4.99. The first kappa shape index (κ1) is 29.7. The highest BCUT2D eigenvalue weighted by atomic mass is 19.4. The summed E-state index contributed by atoms with van der Waals surface area (Å²) in [6.45, 7) is 0.172. The van der Waals surface area contributed by atoms with Gasteiger partial charge in [0.2, 0.25) is 0 Å². The number of benzene rings is 3. The van der Waals surface area contributed by atoms with Crippen molar-refractivity contribution >= 4 is 12.1 Å². The molecular weight excluding hydrogens is 541 g/mol. The molecule has 0 aromatic heterocycles. The van der Waals surface area contributed by atoms with E-state index in [1.54, 1.807) is 0 Å². The number of rotatable bonds is 9. The Balaban J connectivity index is 1.63. The van der Waals surface area contributed by atoms with E-state index in [0.717, 1.165) is 11.1 Å². The van der Waals surface area contributed by atoms with E-state index in [1.807, 2.05) is 60.7 Å². The molecule has 1 aliphatic rings. The zero-order chi connectivity index (χ0) is 29.4. The highest BCUT2D eigenvalue weighted by Crippen LogP contribution is 2.36. The van der Waals surface area contributed by atoms with Crippen LogP contribution in [-0.4, -0.2) is 50.1 Å². The number of piperidine rings is 1. The fraction of sp³-hybridized carbons (Fsp3) is 0.333. The molecule has 11 heteroatoms. The fourth-order valence-electron chi connectivity index (χ4n) is 4.99. The molecule has 1 fully saturated rings. The molecule has 41 heavy (non-hydrogen) atoms. The van der Waals surface area contributed by atoms with E-state index < -0.39 is 42.2 Å². The minimum absolute atomic E-state index is 0.0435. The van der Waals surface area contributed by atoms with Gasteiger partial charge in [0.25, 0.3) is 0 Å². The molecule has 1 saturated heterocycles. The maximum Gasteiger partial charge on any atom is 0.573 e. The summed E-state index contributed by atoms with van der Waals surface area (Å²) in [5.74, 6) is -1.19. The summed E-state index contributed by atoms with van der Waals surface area (Å²) < 4.78 is 58.7. The van der Waals surface area contributed by atoms with Crippen molar-refractivity contribution in [1.29, 1.82) is 0 Å². The first-order valence-corrected chi connectivity index (χ1v) is 12.9. The largest absolute Gasteiger partial charge is 0.573 e. The molecule has 1 amide bonds. The number of nitrogens with one attached hydrogen (secondary N) is 1. The van der Waals surface area contributed by atoms with Crippen molar-refractivity contribution in [2.45, 2.75) is 38.0 Å². The summed E-state index contributed by atoms with van der Waals surface area (Å²) in [6.07, 6.45) is -5.16. The highest BCUT2D eigenvalue weighted by molar-refractivity contribution is 5.75. The van der Waals surface area contributed by atoms with Crippen LogP contribution in [0.1, 0.15) is 29.2 Å². The summed E-state index contributed by atoms with van der Waals surface area (Å²) in [6, 6.07) is 21.2. The number of methoxy groups -OCH3 is 2. The lowest BCUT2D eigenvalue weighted by Crippen LogP contribution is -2.54. The molecular formula is C30H31F3N2O6. The number of ether oxygens (including phenoxy) is 4. The van der Waals surface area contributed by atoms with Crippen molar-refractivity contribution in [2.75, 3.05) is 20.8 Å². The summed E-state index contributed by atoms with van der Waals surface area (Å²) >= 11 is 0. The van der Waals surface area contributed by atoms with Gasteiger partial charge < -0.3 is 24.3 Å². The number of carbonyl (C=O) groups is 2. The first-order chi connectivity index (χ1) is 19.7. The van der Waals surface area contributed by atoms with E-state index in [0.29, 0.717) is 17.7 Å². The predicted octanol–water partition coefficient (Wildman–Crippen LogP) is 5.63. The normalized spacial score (nSPS) is 18.9. The Morgan fingerprint density at radius 3 is 2.29 bits per heavy atom. The quantitative estimate of drug-likeness (QED) is 0.333. The van der Waals surface area contributed by atoms with Gasteiger partial charge in [0.05, 0.1) is 26.2 Å². The summed E-state index contributed by atoms with van der Waals surface area (Å²) in [4.78, 5) is 27.7. The SMILES string of the molecule is COC(=O)[C@H]1C[C@H](NCc2cc(OC(F)(F)F)ccc2OC)[C@H](c2ccccc2)N(C(=O)OCc2ccccc2)C1. The molecule has 1 heterocycles. The van der Waals surface area contributed by atoms with E-state index in [9.17, 15) is 22.8 Å². The topological polar surface area (TPSA) is 86.3 Å². The molecule has 0 radical (unpaired) electrons. The third-order valence-electron chi connectivity index (χ3n) is 6.83. The number of esters is 1. The van der Waals surface area contributed by atoms with Gasteiger partial charge in [0.15, 0.2) is 0 Å². The molecule has 1 aliphatic heterocycles. The van der Waals surface area contributed by atoms with Gasteiger partial charge in [-0.15, -0.1) is 13.2 Å². The monoisotopic (exact) mass is 572 g/mol. The summed E-state index contributed by atoms with van der Waals surface area (Å²) in [7, 11) is 2.69. The Hall–Kier alpha value is -4.25. The number of amides is 1. The van der Waals surface area contributed by atoms with Crippen LogP contribution in [0.25, 0.3) is 0 Å². The second-order valence-electron chi connectivity index (χ2n) is 9.51. The number of alkyl halides is 3. The number of hydrogen-bond donors (Lipinski definition) is 1. The van der Waals surface area contributed by atoms with Crippen molar-refractivity contribution in [3.05, 3.63) is 95.6 Å². The van der Waals surface area contributed by atoms with Gasteiger partial charge in [-0.1, -0.05) is 60.7 Å². The van der Waals surface area contributed by atoms with Crippen molar-refractivity contribution < 1.29 is 41.7 Å². The molecule has 3 aromatic rings. The number of hydrogen-bond acceptors (Lipinski definition) is 7. The van der Waals surface area contributed by atoms with E-state index in [1.165, 1.54) is 37.3 Å². The van der Waals surface area contributed by atoms with Crippen molar-refractivity contribution in [3.8, 4) is 11.5 Å². The number of carbonyl (C=O) groups excluding carboxylic acids is 2. The Morgan fingerprint density at radius 1 is 0.976 bits per heavy atom. The van der Waals surface area contributed by atoms with Gasteiger partial charge in [-0.3, -0.25) is 9.69 Å². The lowest BCUT2D eigenvalue weighted by molar-refractivity contribution is -0.274. The van der Waals surface area contributed by atoms with Crippen molar-refractivity contribution in [1.82, 2.24) is 10.2 Å². The average Bonchev–Trinajstić information content (AvgIpc) is 2.98. The molecule has 0 aliphatic carbocycles. The second-order valence-corrected chi connectivity index (χ2v) is 9.51. The third kappa shape index (κ3) is 7.91. The zero-order valence-corrected chi connectivity index (χ0v) is 22.6. The smallest absolute Gasteiger partial charge is 0.496 e. The Morgan fingerprint density at radius 2 is 1.66 bits per heavy atom. The Labute approximate surface area is 236 Å². The minimum Gasteiger partial charge on any atom is -0.496 e. The van der Waals surface area contributed by atoms with Crippen LogP contribution in [0.5, 0.6) is 11.5 Å². The molecule has 0 bridgehead atoms. The minimum atomic E-state index is -4.85. The molecule has 218 valence electrons. The van der Waals surface area contributed by atoms with Gasteiger partial charge in [0, 0.05) is 24.7 Å². The van der Waals surface area contributed by atoms with E-state index >= 15 is 0 Å². The third-order valence-corrected chi connectivity index (χ3v) is 6.83. The summed E-state index contributed by atoms with van der Waals surface area (Å²) in [5.41, 5.74) is 2.01. The van der Waals surface area contributed by atoms with Crippen LogP contribution in [0.2, 0.25) is 0 Å². The standard InChI is InChI=1S/C30H31F3N2O6/c1-38-26-14-13-24(41-30(31,32)33)15-22(26)17-34-25-16-23(28(36)39-2)18-35(27(25)21-11-7-4-8-12-21)29(37)40-19-20-9-5-3-6-10-20/h3-15,23,25,27,34H,16-19H2,1-2H3/t23-,25-,27-/m0/s1. The number of likely N-dealkylation sites (tertiary alicyclic amines) is 1. The van der Waals surface area contributed by atoms with Crippen molar-refractivity contribution in [3.63, 3.8) is 0 Å². The lowest BCUT2D eigenvalue weighted by atomic mass is 9.84. The maximum absolute atomic E-state index is 13.5. The van der Waals surface area contributed by atoms with Gasteiger partial charge in [0.1, 0.15) is 18.1 Å².